The number of carbonyl (C=O) groups is 3. The first kappa shape index (κ1) is 12.4. The van der Waals surface area contributed by atoms with Crippen LogP contribution in [0.4, 0.5) is 0 Å². The van der Waals surface area contributed by atoms with Gasteiger partial charge in [0.25, 0.3) is 0 Å². The van der Waals surface area contributed by atoms with Crippen molar-refractivity contribution in [3.8, 4) is 0 Å². The van der Waals surface area contributed by atoms with Gasteiger partial charge in [0.1, 0.15) is 6.04 Å². The minimum Gasteiger partial charge on any atom is -0.481 e. The van der Waals surface area contributed by atoms with Crippen molar-refractivity contribution in [2.24, 2.45) is 11.8 Å². The van der Waals surface area contributed by atoms with Crippen LogP contribution in [0.1, 0.15) is 32.1 Å². The molecular weight excluding hydrogens is 248 g/mol. The van der Waals surface area contributed by atoms with Gasteiger partial charge >= 0.3 is 5.97 Å². The summed E-state index contributed by atoms with van der Waals surface area (Å²) < 4.78 is 0. The molecule has 0 aromatic heterocycles. The van der Waals surface area contributed by atoms with Crippen molar-refractivity contribution in [2.75, 3.05) is 6.54 Å². The third-order valence-corrected chi connectivity index (χ3v) is 4.19. The predicted molar refractivity (Wildman–Crippen MR) is 65.1 cm³/mol. The molecule has 0 aromatic rings. The molecule has 2 amide bonds. The number of hydrogen-bond donors (Lipinski definition) is 2. The molecule has 2 N–H and O–H groups in total. The van der Waals surface area contributed by atoms with Crippen molar-refractivity contribution in [3.63, 3.8) is 0 Å². The van der Waals surface area contributed by atoms with Gasteiger partial charge in [-0.25, -0.2) is 0 Å². The number of aliphatic carboxylic acids is 1. The van der Waals surface area contributed by atoms with Gasteiger partial charge in [-0.15, -0.1) is 0 Å². The van der Waals surface area contributed by atoms with E-state index < -0.39 is 17.8 Å². The minimum atomic E-state index is -0.906. The maximum Gasteiger partial charge on any atom is 0.307 e. The van der Waals surface area contributed by atoms with Crippen LogP contribution in [0.3, 0.4) is 0 Å². The number of carboxylic acid groups (broad SMARTS) is 1. The molecule has 0 spiro atoms. The van der Waals surface area contributed by atoms with Gasteiger partial charge in [-0.2, -0.15) is 0 Å². The Morgan fingerprint density at radius 2 is 1.84 bits per heavy atom. The van der Waals surface area contributed by atoms with E-state index >= 15 is 0 Å². The molecule has 104 valence electrons. The summed E-state index contributed by atoms with van der Waals surface area (Å²) >= 11 is 0. The maximum atomic E-state index is 12.2. The second-order valence-electron chi connectivity index (χ2n) is 5.76. The molecule has 0 radical (unpaired) electrons. The highest BCUT2D eigenvalue weighted by Gasteiger charge is 2.52. The predicted octanol–water partition coefficient (Wildman–Crippen LogP) is -0.0233. The summed E-state index contributed by atoms with van der Waals surface area (Å²) in [6, 6.07) is -0.0964. The highest BCUT2D eigenvalue weighted by Crippen LogP contribution is 2.41. The molecule has 3 aliphatic rings. The Kier molecular flexibility index (Phi) is 2.95. The van der Waals surface area contributed by atoms with Crippen LogP contribution < -0.4 is 5.32 Å². The average molecular weight is 266 g/mol. The summed E-state index contributed by atoms with van der Waals surface area (Å²) in [6.45, 7) is 0.574. The first-order chi connectivity index (χ1) is 9.08. The molecule has 1 heterocycles. The van der Waals surface area contributed by atoms with E-state index in [1.165, 1.54) is 0 Å². The van der Waals surface area contributed by atoms with Gasteiger partial charge in [0.2, 0.25) is 11.8 Å². The Bertz CT molecular complexity index is 432. The fourth-order valence-corrected chi connectivity index (χ4v) is 2.78. The Morgan fingerprint density at radius 3 is 2.42 bits per heavy atom. The Morgan fingerprint density at radius 1 is 1.11 bits per heavy atom. The number of carboxylic acids is 1. The van der Waals surface area contributed by atoms with Crippen LogP contribution >= 0.6 is 0 Å². The summed E-state index contributed by atoms with van der Waals surface area (Å²) in [5.74, 6) is -2.08. The van der Waals surface area contributed by atoms with Gasteiger partial charge in [-0.1, -0.05) is 0 Å². The molecule has 0 bridgehead atoms. The number of nitrogens with zero attached hydrogens (tertiary/aromatic N) is 1. The molecule has 0 aromatic carbocycles. The van der Waals surface area contributed by atoms with Crippen LogP contribution in [0.2, 0.25) is 0 Å². The maximum absolute atomic E-state index is 12.2. The zero-order valence-electron chi connectivity index (χ0n) is 10.7. The van der Waals surface area contributed by atoms with E-state index in [0.717, 1.165) is 19.3 Å². The zero-order chi connectivity index (χ0) is 13.6. The van der Waals surface area contributed by atoms with Crippen molar-refractivity contribution in [1.82, 2.24) is 10.2 Å². The van der Waals surface area contributed by atoms with E-state index in [2.05, 4.69) is 5.32 Å². The third kappa shape index (κ3) is 2.43. The molecule has 19 heavy (non-hydrogen) atoms. The van der Waals surface area contributed by atoms with Gasteiger partial charge in [-0.05, 0) is 32.1 Å². The van der Waals surface area contributed by atoms with Crippen LogP contribution in [-0.2, 0) is 14.4 Å². The summed E-state index contributed by atoms with van der Waals surface area (Å²) in [6.07, 6.45) is 3.97. The van der Waals surface area contributed by atoms with E-state index in [9.17, 15) is 14.4 Å². The second-order valence-corrected chi connectivity index (χ2v) is 5.76. The molecule has 6 nitrogen and oxygen atoms in total. The number of nitrogens with one attached hydrogen (secondary N) is 1. The van der Waals surface area contributed by atoms with Gasteiger partial charge in [-0.3, -0.25) is 14.4 Å². The molecule has 2 saturated carbocycles. The zero-order valence-corrected chi connectivity index (χ0v) is 10.7. The van der Waals surface area contributed by atoms with Crippen LogP contribution in [0.15, 0.2) is 0 Å². The van der Waals surface area contributed by atoms with Crippen molar-refractivity contribution in [3.05, 3.63) is 0 Å². The fraction of sp³-hybridized carbons (Fsp3) is 0.769. The second kappa shape index (κ2) is 4.51. The number of amides is 2. The molecule has 3 rings (SSSR count). The highest BCUT2D eigenvalue weighted by atomic mass is 16.4. The van der Waals surface area contributed by atoms with Crippen LogP contribution in [0.25, 0.3) is 0 Å². The Balaban J connectivity index is 1.61. The lowest BCUT2D eigenvalue weighted by Gasteiger charge is -2.24. The SMILES string of the molecule is O=C(O)C1CC1C(=O)N1CCCC1C(=O)NC1CC1. The van der Waals surface area contributed by atoms with Gasteiger partial charge in [0.05, 0.1) is 11.8 Å². The number of likely N-dealkylation sites (tertiary alicyclic amines) is 1. The Hall–Kier alpha value is -1.59. The monoisotopic (exact) mass is 266 g/mol. The van der Waals surface area contributed by atoms with Crippen molar-refractivity contribution >= 4 is 17.8 Å². The van der Waals surface area contributed by atoms with Gasteiger partial charge in [0.15, 0.2) is 0 Å². The first-order valence-electron chi connectivity index (χ1n) is 6.91. The van der Waals surface area contributed by atoms with Crippen LogP contribution in [0.5, 0.6) is 0 Å². The fourth-order valence-electron chi connectivity index (χ4n) is 2.78. The topological polar surface area (TPSA) is 86.7 Å². The van der Waals surface area contributed by atoms with E-state index in [4.69, 9.17) is 5.11 Å². The normalized spacial score (nSPS) is 33.1. The summed E-state index contributed by atoms with van der Waals surface area (Å²) in [7, 11) is 0. The van der Waals surface area contributed by atoms with Crippen LogP contribution in [-0.4, -0.2) is 46.4 Å². The molecule has 3 unspecified atom stereocenters. The third-order valence-electron chi connectivity index (χ3n) is 4.19. The number of carbonyl (C=O) groups excluding carboxylic acids is 2. The molecule has 1 saturated heterocycles. The van der Waals surface area contributed by atoms with Crippen molar-refractivity contribution in [1.29, 1.82) is 0 Å². The van der Waals surface area contributed by atoms with E-state index in [1.807, 2.05) is 0 Å². The molecule has 6 heteroatoms. The van der Waals surface area contributed by atoms with E-state index in [-0.39, 0.29) is 23.9 Å². The molecular formula is C13H18N2O4. The standard InChI is InChI=1S/C13H18N2O4/c16-11(14-7-3-4-7)10-2-1-5-15(10)12(17)8-6-9(8)13(18)19/h7-10H,1-6H2,(H,14,16)(H,18,19). The molecule has 3 fully saturated rings. The van der Waals surface area contributed by atoms with Gasteiger partial charge in [0, 0.05) is 12.6 Å². The summed E-state index contributed by atoms with van der Waals surface area (Å²) in [5, 5.41) is 11.8. The lowest BCUT2D eigenvalue weighted by atomic mass is 10.2. The minimum absolute atomic E-state index is 0.0686. The van der Waals surface area contributed by atoms with E-state index in [0.29, 0.717) is 19.4 Å². The molecule has 2 aliphatic carbocycles. The highest BCUT2D eigenvalue weighted by molar-refractivity contribution is 5.93. The molecule has 1 aliphatic heterocycles. The van der Waals surface area contributed by atoms with Gasteiger partial charge < -0.3 is 15.3 Å². The number of rotatable bonds is 4. The quantitative estimate of drug-likeness (QED) is 0.748. The lowest BCUT2D eigenvalue weighted by Crippen LogP contribution is -2.47. The largest absolute Gasteiger partial charge is 0.481 e. The Labute approximate surface area is 111 Å². The van der Waals surface area contributed by atoms with Crippen LogP contribution in [0, 0.1) is 11.8 Å². The lowest BCUT2D eigenvalue weighted by molar-refractivity contribution is -0.143. The summed E-state index contributed by atoms with van der Waals surface area (Å²) in [5.41, 5.74) is 0. The number of hydrogen-bond acceptors (Lipinski definition) is 3. The smallest absolute Gasteiger partial charge is 0.307 e. The first-order valence-corrected chi connectivity index (χ1v) is 6.91. The van der Waals surface area contributed by atoms with E-state index in [1.54, 1.807) is 4.90 Å². The average Bonchev–Trinajstić information content (AvgIpc) is 3.26. The van der Waals surface area contributed by atoms with Crippen molar-refractivity contribution < 1.29 is 19.5 Å². The van der Waals surface area contributed by atoms with Crippen molar-refractivity contribution in [2.45, 2.75) is 44.2 Å². The summed E-state index contributed by atoms with van der Waals surface area (Å²) in [4.78, 5) is 36.7. The molecule has 3 atom stereocenters.